The molecule has 0 aliphatic carbocycles. The molecule has 7 rings (SSSR count). The number of pyridine rings is 3. The maximum atomic E-state index is 14.6. The van der Waals surface area contributed by atoms with Gasteiger partial charge in [-0.2, -0.15) is 5.10 Å². The molecule has 0 unspecified atom stereocenters. The summed E-state index contributed by atoms with van der Waals surface area (Å²) in [5.41, 5.74) is 7.16. The predicted molar refractivity (Wildman–Crippen MR) is 168 cm³/mol. The first-order chi connectivity index (χ1) is 21.3. The highest BCUT2D eigenvalue weighted by molar-refractivity contribution is 7.90. The van der Waals surface area contributed by atoms with Crippen LogP contribution in [0, 0.1) is 5.82 Å². The molecule has 6 aromatic rings. The summed E-state index contributed by atoms with van der Waals surface area (Å²) in [7, 11) is -3.19. The average molecular weight is 611 g/mol. The second-order valence-electron chi connectivity index (χ2n) is 11.5. The van der Waals surface area contributed by atoms with Crippen LogP contribution in [-0.2, 0) is 22.8 Å². The van der Waals surface area contributed by atoms with Crippen molar-refractivity contribution in [2.24, 2.45) is 0 Å². The van der Waals surface area contributed by atoms with Gasteiger partial charge in [0.15, 0.2) is 11.5 Å². The van der Waals surface area contributed by atoms with Crippen LogP contribution in [0.25, 0.3) is 56.0 Å². The number of likely N-dealkylation sites (tertiary alicyclic amines) is 1. The number of aryl methyl sites for hydroxylation is 1. The van der Waals surface area contributed by atoms with Crippen LogP contribution in [0.15, 0.2) is 61.2 Å². The Morgan fingerprint density at radius 3 is 2.59 bits per heavy atom. The smallest absolute Gasteiger partial charge is 0.181 e. The number of aromatic nitrogens is 7. The normalized spacial score (nSPS) is 14.5. The number of piperidine rings is 1. The predicted octanol–water partition coefficient (Wildman–Crippen LogP) is 5.34. The number of benzene rings is 1. The summed E-state index contributed by atoms with van der Waals surface area (Å²) >= 11 is 0. The van der Waals surface area contributed by atoms with Crippen molar-refractivity contribution < 1.29 is 12.8 Å². The lowest BCUT2D eigenvalue weighted by Gasteiger charge is -2.26. The minimum atomic E-state index is -3.19. The van der Waals surface area contributed by atoms with E-state index in [2.05, 4.69) is 41.1 Å². The van der Waals surface area contributed by atoms with Gasteiger partial charge < -0.3 is 4.98 Å². The van der Waals surface area contributed by atoms with E-state index in [1.807, 2.05) is 18.5 Å². The van der Waals surface area contributed by atoms with Crippen LogP contribution < -0.4 is 0 Å². The molecule has 1 aliphatic rings. The molecule has 5 aromatic heterocycles. The molecule has 0 spiro atoms. The molecule has 0 saturated carbocycles. The summed E-state index contributed by atoms with van der Waals surface area (Å²) in [5, 5.41) is 8.28. The number of fused-ring (bicyclic) bond motifs is 2. The van der Waals surface area contributed by atoms with E-state index < -0.39 is 15.7 Å². The Morgan fingerprint density at radius 2 is 1.75 bits per heavy atom. The van der Waals surface area contributed by atoms with E-state index in [9.17, 15) is 12.8 Å². The molecule has 12 heteroatoms. The summed E-state index contributed by atoms with van der Waals surface area (Å²) in [6, 6.07) is 10.5. The first-order valence-corrected chi connectivity index (χ1v) is 16.7. The molecule has 0 amide bonds. The molecule has 224 valence electrons. The first-order valence-electron chi connectivity index (χ1n) is 14.6. The number of nitrogens with one attached hydrogen (secondary N) is 2. The van der Waals surface area contributed by atoms with Crippen molar-refractivity contribution in [1.82, 2.24) is 40.0 Å². The van der Waals surface area contributed by atoms with Crippen molar-refractivity contribution >= 4 is 31.9 Å². The van der Waals surface area contributed by atoms with Crippen molar-refractivity contribution in [2.45, 2.75) is 32.2 Å². The fourth-order valence-corrected chi connectivity index (χ4v) is 6.45. The second kappa shape index (κ2) is 11.5. The molecule has 0 radical (unpaired) electrons. The summed E-state index contributed by atoms with van der Waals surface area (Å²) in [5.74, 6) is 0.0107. The molecular weight excluding hydrogens is 579 g/mol. The van der Waals surface area contributed by atoms with E-state index in [0.29, 0.717) is 45.0 Å². The number of rotatable bonds is 8. The quantitative estimate of drug-likeness (QED) is 0.236. The minimum absolute atomic E-state index is 0.0677. The molecule has 44 heavy (non-hydrogen) atoms. The highest BCUT2D eigenvalue weighted by Crippen LogP contribution is 2.32. The minimum Gasteiger partial charge on any atom is -0.337 e. The van der Waals surface area contributed by atoms with Gasteiger partial charge in [-0.15, -0.1) is 0 Å². The van der Waals surface area contributed by atoms with Gasteiger partial charge in [0.05, 0.1) is 22.3 Å². The van der Waals surface area contributed by atoms with Gasteiger partial charge in [0, 0.05) is 54.3 Å². The van der Waals surface area contributed by atoms with Gasteiger partial charge in [0.1, 0.15) is 26.9 Å². The third-order valence-electron chi connectivity index (χ3n) is 8.02. The van der Waals surface area contributed by atoms with E-state index in [-0.39, 0.29) is 12.2 Å². The highest BCUT2D eigenvalue weighted by atomic mass is 32.2. The van der Waals surface area contributed by atoms with Crippen LogP contribution in [-0.4, -0.2) is 73.5 Å². The molecule has 10 nitrogen and oxygen atoms in total. The number of halogens is 1. The molecule has 1 aliphatic heterocycles. The molecule has 0 bridgehead atoms. The van der Waals surface area contributed by atoms with Crippen molar-refractivity contribution in [1.29, 1.82) is 0 Å². The molecule has 1 saturated heterocycles. The Hall–Kier alpha value is -4.55. The third-order valence-corrected chi connectivity index (χ3v) is 8.97. The third kappa shape index (κ3) is 5.95. The van der Waals surface area contributed by atoms with Crippen LogP contribution in [0.4, 0.5) is 4.39 Å². The van der Waals surface area contributed by atoms with Crippen molar-refractivity contribution in [3.8, 4) is 33.9 Å². The van der Waals surface area contributed by atoms with Gasteiger partial charge in [0.2, 0.25) is 0 Å². The monoisotopic (exact) mass is 610 g/mol. The summed E-state index contributed by atoms with van der Waals surface area (Å²) in [6.07, 6.45) is 12.4. The Bertz CT molecular complexity index is 2100. The lowest BCUT2D eigenvalue weighted by atomic mass is 10.0. The van der Waals surface area contributed by atoms with Gasteiger partial charge in [-0.05, 0) is 79.9 Å². The number of aromatic amines is 2. The highest BCUT2D eigenvalue weighted by Gasteiger charge is 2.18. The molecular formula is C32H31FN8O2S. The zero-order valence-corrected chi connectivity index (χ0v) is 25.0. The van der Waals surface area contributed by atoms with E-state index in [1.54, 1.807) is 24.5 Å². The Labute approximate surface area is 253 Å². The SMILES string of the molecule is CS(=O)(=O)CCc1cc(F)cc(-c2nccc3[nH]c(-c4[nH]nc5ncc(-c6cncc(CN7CCCCC7)c6)cc45)nc23)c1. The Balaban J connectivity index is 1.23. The van der Waals surface area contributed by atoms with Gasteiger partial charge in [-0.1, -0.05) is 6.42 Å². The van der Waals surface area contributed by atoms with Gasteiger partial charge >= 0.3 is 0 Å². The van der Waals surface area contributed by atoms with Crippen LogP contribution in [0.1, 0.15) is 30.4 Å². The molecule has 1 fully saturated rings. The summed E-state index contributed by atoms with van der Waals surface area (Å²) < 4.78 is 38.0. The van der Waals surface area contributed by atoms with E-state index in [4.69, 9.17) is 4.98 Å². The van der Waals surface area contributed by atoms with Crippen molar-refractivity contribution in [3.63, 3.8) is 0 Å². The number of nitrogens with zero attached hydrogens (tertiary/aromatic N) is 6. The second-order valence-corrected chi connectivity index (χ2v) is 13.7. The average Bonchev–Trinajstić information content (AvgIpc) is 3.64. The molecule has 6 heterocycles. The fraction of sp³-hybridized carbons (Fsp3) is 0.281. The van der Waals surface area contributed by atoms with E-state index in [0.717, 1.165) is 36.1 Å². The molecule has 1 aromatic carbocycles. The zero-order valence-electron chi connectivity index (χ0n) is 24.2. The van der Waals surface area contributed by atoms with E-state index >= 15 is 0 Å². The van der Waals surface area contributed by atoms with Gasteiger partial charge in [-0.25, -0.2) is 22.8 Å². The van der Waals surface area contributed by atoms with Crippen LogP contribution in [0.2, 0.25) is 0 Å². The van der Waals surface area contributed by atoms with Crippen molar-refractivity contribution in [3.05, 3.63) is 78.1 Å². The van der Waals surface area contributed by atoms with Gasteiger partial charge in [-0.3, -0.25) is 20.0 Å². The lowest BCUT2D eigenvalue weighted by Crippen LogP contribution is -2.29. The van der Waals surface area contributed by atoms with Crippen molar-refractivity contribution in [2.75, 3.05) is 25.1 Å². The van der Waals surface area contributed by atoms with E-state index in [1.165, 1.54) is 43.2 Å². The Kier molecular flexibility index (Phi) is 7.39. The Morgan fingerprint density at radius 1 is 0.932 bits per heavy atom. The number of sulfone groups is 1. The first kappa shape index (κ1) is 28.2. The topological polar surface area (TPSA) is 133 Å². The van der Waals surface area contributed by atoms with Crippen LogP contribution in [0.5, 0.6) is 0 Å². The zero-order chi connectivity index (χ0) is 30.3. The maximum absolute atomic E-state index is 14.6. The lowest BCUT2D eigenvalue weighted by molar-refractivity contribution is 0.220. The molecule has 2 N–H and O–H groups in total. The maximum Gasteiger partial charge on any atom is 0.181 e. The number of H-pyrrole nitrogens is 2. The van der Waals surface area contributed by atoms with Crippen LogP contribution in [0.3, 0.4) is 0 Å². The largest absolute Gasteiger partial charge is 0.337 e. The number of imidazole rings is 1. The van der Waals surface area contributed by atoms with Crippen LogP contribution >= 0.6 is 0 Å². The van der Waals surface area contributed by atoms with Gasteiger partial charge in [0.25, 0.3) is 0 Å². The number of hydrogen-bond acceptors (Lipinski definition) is 8. The standard InChI is InChI=1S/C32H31FN8O2S/c1-44(42,43)10-6-20-11-22(14-25(33)13-20)28-30-27(5-7-35-28)37-32(38-30)29-26-15-24(18-36-31(26)40-39-29)23-12-21(16-34-17-23)19-41-8-3-2-4-9-41/h5,7,11-18H,2-4,6,8-10,19H2,1H3,(H,37,38)(H,36,39,40). The molecule has 0 atom stereocenters. The fourth-order valence-electron chi connectivity index (χ4n) is 5.85. The number of hydrogen-bond donors (Lipinski definition) is 2. The summed E-state index contributed by atoms with van der Waals surface area (Å²) in [4.78, 5) is 24.3. The summed E-state index contributed by atoms with van der Waals surface area (Å²) in [6.45, 7) is 3.12.